The van der Waals surface area contributed by atoms with Crippen LogP contribution in [0.3, 0.4) is 0 Å². The molecule has 2 heterocycles. The van der Waals surface area contributed by atoms with Gasteiger partial charge in [-0.15, -0.1) is 0 Å². The molecule has 0 spiro atoms. The average molecular weight is 284 g/mol. The van der Waals surface area contributed by atoms with Gasteiger partial charge in [-0.3, -0.25) is 9.89 Å². The van der Waals surface area contributed by atoms with Crippen LogP contribution in [0.2, 0.25) is 0 Å². The fourth-order valence-electron chi connectivity index (χ4n) is 3.48. The molecular formula is C16H20N4O. The van der Waals surface area contributed by atoms with Gasteiger partial charge in [0.2, 0.25) is 0 Å². The van der Waals surface area contributed by atoms with Crippen LogP contribution in [0.1, 0.15) is 28.9 Å². The number of nitrogens with two attached hydrogens (primary N) is 1. The third kappa shape index (κ3) is 2.12. The number of benzene rings is 1. The number of fused-ring (bicyclic) bond motifs is 1. The Kier molecular flexibility index (Phi) is 2.79. The maximum atomic E-state index is 12.8. The molecule has 1 aliphatic carbocycles. The minimum Gasteiger partial charge on any atom is -0.335 e. The summed E-state index contributed by atoms with van der Waals surface area (Å²) in [5.41, 5.74) is 8.78. The molecule has 2 aromatic rings. The minimum absolute atomic E-state index is 0.00505. The Hall–Kier alpha value is -1.88. The fourth-order valence-corrected chi connectivity index (χ4v) is 3.48. The van der Waals surface area contributed by atoms with Crippen molar-refractivity contribution in [2.24, 2.45) is 17.6 Å². The Labute approximate surface area is 123 Å². The van der Waals surface area contributed by atoms with Crippen molar-refractivity contribution < 1.29 is 4.79 Å². The minimum atomic E-state index is 0.00505. The number of aromatic nitrogens is 2. The molecule has 1 aromatic carbocycles. The van der Waals surface area contributed by atoms with E-state index in [4.69, 9.17) is 5.73 Å². The lowest BCUT2D eigenvalue weighted by molar-refractivity contribution is 0.0781. The summed E-state index contributed by atoms with van der Waals surface area (Å²) in [6, 6.07) is 6.12. The number of aromatic amines is 1. The van der Waals surface area contributed by atoms with E-state index >= 15 is 0 Å². The van der Waals surface area contributed by atoms with E-state index in [1.54, 1.807) is 0 Å². The highest BCUT2D eigenvalue weighted by Crippen LogP contribution is 2.41. The quantitative estimate of drug-likeness (QED) is 0.881. The van der Waals surface area contributed by atoms with Crippen LogP contribution in [0.15, 0.2) is 18.2 Å². The molecular weight excluding hydrogens is 264 g/mol. The van der Waals surface area contributed by atoms with E-state index < -0.39 is 0 Å². The lowest BCUT2D eigenvalue weighted by Gasteiger charge is -2.15. The normalized spacial score (nSPS) is 25.7. The van der Waals surface area contributed by atoms with Crippen LogP contribution in [-0.4, -0.2) is 40.1 Å². The maximum Gasteiger partial charge on any atom is 0.275 e. The molecule has 1 aromatic heterocycles. The summed E-state index contributed by atoms with van der Waals surface area (Å²) in [7, 11) is 0. The zero-order valence-electron chi connectivity index (χ0n) is 12.2. The second-order valence-electron chi connectivity index (χ2n) is 6.50. The van der Waals surface area contributed by atoms with Crippen molar-refractivity contribution in [3.8, 4) is 0 Å². The molecule has 110 valence electrons. The zero-order valence-corrected chi connectivity index (χ0v) is 12.2. The number of carbonyl (C=O) groups is 1. The summed E-state index contributed by atoms with van der Waals surface area (Å²) in [5.74, 6) is 1.21. The van der Waals surface area contributed by atoms with Crippen molar-refractivity contribution >= 4 is 16.8 Å². The average Bonchev–Trinajstić information content (AvgIpc) is 3.11. The molecule has 0 radical (unpaired) electrons. The number of rotatable bonds is 2. The Morgan fingerprint density at radius 1 is 1.38 bits per heavy atom. The van der Waals surface area contributed by atoms with Crippen molar-refractivity contribution in [1.29, 1.82) is 0 Å². The Bertz CT molecular complexity index is 703. The molecule has 5 nitrogen and oxygen atoms in total. The van der Waals surface area contributed by atoms with Crippen LogP contribution < -0.4 is 5.73 Å². The van der Waals surface area contributed by atoms with Crippen molar-refractivity contribution in [3.05, 3.63) is 29.5 Å². The van der Waals surface area contributed by atoms with Crippen molar-refractivity contribution in [3.63, 3.8) is 0 Å². The second kappa shape index (κ2) is 4.56. The maximum absolute atomic E-state index is 12.8. The molecule has 2 fully saturated rings. The van der Waals surface area contributed by atoms with Crippen LogP contribution in [0.4, 0.5) is 0 Å². The molecule has 0 bridgehead atoms. The van der Waals surface area contributed by atoms with E-state index in [0.717, 1.165) is 28.9 Å². The summed E-state index contributed by atoms with van der Waals surface area (Å²) in [5, 5.41) is 8.09. The lowest BCUT2D eigenvalue weighted by Crippen LogP contribution is -2.32. The third-order valence-corrected chi connectivity index (χ3v) is 4.85. The van der Waals surface area contributed by atoms with Crippen LogP contribution >= 0.6 is 0 Å². The summed E-state index contributed by atoms with van der Waals surface area (Å²) in [4.78, 5) is 14.6. The monoisotopic (exact) mass is 284 g/mol. The van der Waals surface area contributed by atoms with Crippen LogP contribution in [0, 0.1) is 18.8 Å². The molecule has 1 aliphatic heterocycles. The molecule has 0 unspecified atom stereocenters. The van der Waals surface area contributed by atoms with Gasteiger partial charge in [0.15, 0.2) is 5.69 Å². The van der Waals surface area contributed by atoms with Gasteiger partial charge in [0.1, 0.15) is 0 Å². The standard InChI is InChI=1S/C16H20N4O/c1-9-2-5-14-11(6-9)15(19-18-14)16(21)20-7-12(10-3-4-10)13(17)8-20/h2,5-6,10,12-13H,3-4,7-8,17H2,1H3,(H,18,19)/t12-,13+/m1/s1. The Morgan fingerprint density at radius 2 is 2.19 bits per heavy atom. The zero-order chi connectivity index (χ0) is 14.6. The van der Waals surface area contributed by atoms with Gasteiger partial charge in [-0.1, -0.05) is 11.6 Å². The predicted molar refractivity (Wildman–Crippen MR) is 80.9 cm³/mol. The SMILES string of the molecule is Cc1ccc2[nH]nc(C(=O)N3C[C@H](C4CC4)[C@@H](N)C3)c2c1. The molecule has 1 amide bonds. The van der Waals surface area contributed by atoms with Gasteiger partial charge >= 0.3 is 0 Å². The number of H-pyrrole nitrogens is 1. The van der Waals surface area contributed by atoms with E-state index in [9.17, 15) is 4.79 Å². The van der Waals surface area contributed by atoms with Gasteiger partial charge in [0.05, 0.1) is 5.52 Å². The van der Waals surface area contributed by atoms with E-state index in [1.165, 1.54) is 12.8 Å². The summed E-state index contributed by atoms with van der Waals surface area (Å²) >= 11 is 0. The molecule has 1 saturated carbocycles. The largest absolute Gasteiger partial charge is 0.335 e. The Morgan fingerprint density at radius 3 is 2.95 bits per heavy atom. The van der Waals surface area contributed by atoms with E-state index in [2.05, 4.69) is 10.2 Å². The van der Waals surface area contributed by atoms with Crippen LogP contribution in [0.25, 0.3) is 10.9 Å². The first-order chi connectivity index (χ1) is 10.1. The number of carbonyl (C=O) groups excluding carboxylic acids is 1. The number of nitrogens with zero attached hydrogens (tertiary/aromatic N) is 2. The first kappa shape index (κ1) is 12.8. The number of aryl methyl sites for hydroxylation is 1. The summed E-state index contributed by atoms with van der Waals surface area (Å²) in [6.45, 7) is 3.46. The Balaban J connectivity index is 1.63. The third-order valence-electron chi connectivity index (χ3n) is 4.85. The van der Waals surface area contributed by atoms with Crippen molar-refractivity contribution in [1.82, 2.24) is 15.1 Å². The molecule has 21 heavy (non-hydrogen) atoms. The number of amides is 1. The van der Waals surface area contributed by atoms with Gasteiger partial charge in [0, 0.05) is 24.5 Å². The van der Waals surface area contributed by atoms with Crippen LogP contribution in [-0.2, 0) is 0 Å². The molecule has 1 saturated heterocycles. The second-order valence-corrected chi connectivity index (χ2v) is 6.50. The summed E-state index contributed by atoms with van der Waals surface area (Å²) in [6.07, 6.45) is 2.54. The van der Waals surface area contributed by atoms with Gasteiger partial charge in [-0.05, 0) is 43.7 Å². The van der Waals surface area contributed by atoms with Gasteiger partial charge in [0.25, 0.3) is 5.91 Å². The first-order valence-corrected chi connectivity index (χ1v) is 7.63. The molecule has 5 heteroatoms. The van der Waals surface area contributed by atoms with E-state index in [-0.39, 0.29) is 11.9 Å². The molecule has 2 aliphatic rings. The predicted octanol–water partition coefficient (Wildman–Crippen LogP) is 1.68. The van der Waals surface area contributed by atoms with Crippen LogP contribution in [0.5, 0.6) is 0 Å². The smallest absolute Gasteiger partial charge is 0.275 e. The van der Waals surface area contributed by atoms with Gasteiger partial charge < -0.3 is 10.6 Å². The van der Waals surface area contributed by atoms with Crippen molar-refractivity contribution in [2.75, 3.05) is 13.1 Å². The highest BCUT2D eigenvalue weighted by molar-refractivity contribution is 6.04. The molecule has 4 rings (SSSR count). The first-order valence-electron chi connectivity index (χ1n) is 7.63. The molecule has 3 N–H and O–H groups in total. The highest BCUT2D eigenvalue weighted by Gasteiger charge is 2.42. The van der Waals surface area contributed by atoms with Crippen molar-refractivity contribution in [2.45, 2.75) is 25.8 Å². The van der Waals surface area contributed by atoms with E-state index in [1.807, 2.05) is 30.0 Å². The number of hydrogen-bond acceptors (Lipinski definition) is 3. The van der Waals surface area contributed by atoms with Gasteiger partial charge in [-0.2, -0.15) is 5.10 Å². The van der Waals surface area contributed by atoms with Gasteiger partial charge in [-0.25, -0.2) is 0 Å². The fraction of sp³-hybridized carbons (Fsp3) is 0.500. The topological polar surface area (TPSA) is 75.0 Å². The van der Waals surface area contributed by atoms with E-state index in [0.29, 0.717) is 18.2 Å². The lowest BCUT2D eigenvalue weighted by atomic mass is 9.99. The number of hydrogen-bond donors (Lipinski definition) is 2. The number of nitrogens with one attached hydrogen (secondary N) is 1. The molecule has 2 atom stereocenters. The number of likely N-dealkylation sites (tertiary alicyclic amines) is 1. The summed E-state index contributed by atoms with van der Waals surface area (Å²) < 4.78 is 0. The highest BCUT2D eigenvalue weighted by atomic mass is 16.2.